The molecular formula is C5H6BrClN2O. The van der Waals surface area contributed by atoms with Crippen molar-refractivity contribution in [3.63, 3.8) is 0 Å². The zero-order valence-corrected chi connectivity index (χ0v) is 7.58. The summed E-state index contributed by atoms with van der Waals surface area (Å²) in [5.74, 6) is -0.301. The van der Waals surface area contributed by atoms with E-state index in [9.17, 15) is 4.79 Å². The number of amides is 1. The molecular weight excluding hydrogens is 219 g/mol. The molecule has 1 amide bonds. The van der Waals surface area contributed by atoms with E-state index in [1.807, 2.05) is 0 Å². The highest BCUT2D eigenvalue weighted by atomic mass is 79.9. The van der Waals surface area contributed by atoms with Crippen LogP contribution in [0, 0.1) is 5.41 Å². The Morgan fingerprint density at radius 2 is 2.30 bits per heavy atom. The van der Waals surface area contributed by atoms with E-state index in [4.69, 9.17) is 17.0 Å². The van der Waals surface area contributed by atoms with Crippen LogP contribution in [-0.4, -0.2) is 18.1 Å². The molecule has 0 aliphatic heterocycles. The molecule has 0 aromatic carbocycles. The molecule has 3 nitrogen and oxygen atoms in total. The number of hydrogen-bond donors (Lipinski definition) is 2. The van der Waals surface area contributed by atoms with Gasteiger partial charge < -0.3 is 5.32 Å². The van der Waals surface area contributed by atoms with Crippen molar-refractivity contribution in [3.05, 3.63) is 10.6 Å². The minimum Gasteiger partial charge on any atom is -0.355 e. The van der Waals surface area contributed by atoms with Crippen LogP contribution in [0.2, 0.25) is 0 Å². The summed E-state index contributed by atoms with van der Waals surface area (Å²) in [5, 5.41) is 8.95. The highest BCUT2D eigenvalue weighted by Gasteiger charge is 2.01. The minimum atomic E-state index is -0.301. The molecule has 56 valence electrons. The fourth-order valence-corrected chi connectivity index (χ4v) is 0.964. The maximum absolute atomic E-state index is 10.7. The van der Waals surface area contributed by atoms with Gasteiger partial charge in [-0.3, -0.25) is 10.2 Å². The second-order valence-corrected chi connectivity index (χ2v) is 2.68. The summed E-state index contributed by atoms with van der Waals surface area (Å²) < 4.78 is 0.245. The lowest BCUT2D eigenvalue weighted by Crippen LogP contribution is -2.17. The number of nitrogens with one attached hydrogen (secondary N) is 2. The minimum absolute atomic E-state index is 0.185. The Bertz CT molecular complexity index is 190. The molecule has 0 saturated heterocycles. The van der Waals surface area contributed by atoms with Gasteiger partial charge in [0.05, 0.1) is 4.48 Å². The summed E-state index contributed by atoms with van der Waals surface area (Å²) in [6.45, 7) is 0. The zero-order valence-electron chi connectivity index (χ0n) is 5.24. The second kappa shape index (κ2) is 4.46. The van der Waals surface area contributed by atoms with Gasteiger partial charge in [-0.05, 0) is 22.0 Å². The predicted molar refractivity (Wildman–Crippen MR) is 44.7 cm³/mol. The molecule has 10 heavy (non-hydrogen) atoms. The Morgan fingerprint density at radius 1 is 1.80 bits per heavy atom. The van der Waals surface area contributed by atoms with E-state index in [0.717, 1.165) is 0 Å². The summed E-state index contributed by atoms with van der Waals surface area (Å²) in [4.78, 5) is 10.7. The zero-order chi connectivity index (χ0) is 8.15. The lowest BCUT2D eigenvalue weighted by atomic mass is 10.5. The monoisotopic (exact) mass is 224 g/mol. The van der Waals surface area contributed by atoms with Gasteiger partial charge in [-0.15, -0.1) is 0 Å². The Balaban J connectivity index is 4.19. The second-order valence-electron chi connectivity index (χ2n) is 1.42. The first-order valence-corrected chi connectivity index (χ1v) is 3.58. The van der Waals surface area contributed by atoms with Crippen molar-refractivity contribution in [2.45, 2.75) is 0 Å². The fourth-order valence-electron chi connectivity index (χ4n) is 0.296. The smallest absolute Gasteiger partial charge is 0.258 e. The van der Waals surface area contributed by atoms with Crippen LogP contribution in [0.25, 0.3) is 0 Å². The van der Waals surface area contributed by atoms with Gasteiger partial charge in [0.2, 0.25) is 0 Å². The van der Waals surface area contributed by atoms with Crippen LogP contribution in [0.1, 0.15) is 0 Å². The van der Waals surface area contributed by atoms with E-state index >= 15 is 0 Å². The molecule has 0 rings (SSSR count). The lowest BCUT2D eigenvalue weighted by Gasteiger charge is -1.94. The first-order valence-electron chi connectivity index (χ1n) is 2.41. The Hall–Kier alpha value is -0.350. The molecule has 0 spiro atoms. The molecule has 0 fully saturated rings. The topological polar surface area (TPSA) is 53.0 Å². The number of carbonyl (C=O) groups is 1. The van der Waals surface area contributed by atoms with Gasteiger partial charge in [0.15, 0.2) is 0 Å². The predicted octanol–water partition coefficient (Wildman–Crippen LogP) is 1.23. The molecule has 0 atom stereocenters. The summed E-state index contributed by atoms with van der Waals surface area (Å²) in [6, 6.07) is 0. The average molecular weight is 225 g/mol. The van der Waals surface area contributed by atoms with Crippen molar-refractivity contribution < 1.29 is 4.79 Å². The summed E-state index contributed by atoms with van der Waals surface area (Å²) in [5.41, 5.74) is 0. The van der Waals surface area contributed by atoms with E-state index in [1.165, 1.54) is 13.1 Å². The highest BCUT2D eigenvalue weighted by molar-refractivity contribution is 9.12. The third-order valence-corrected chi connectivity index (χ3v) is 1.40. The van der Waals surface area contributed by atoms with Gasteiger partial charge in [0.1, 0.15) is 5.17 Å². The van der Waals surface area contributed by atoms with Gasteiger partial charge in [0.25, 0.3) is 5.91 Å². The summed E-state index contributed by atoms with van der Waals surface area (Å²) in [6.07, 6.45) is 1.21. The fraction of sp³-hybridized carbons (Fsp3) is 0.200. The third-order valence-electron chi connectivity index (χ3n) is 0.697. The first kappa shape index (κ1) is 9.65. The van der Waals surface area contributed by atoms with Crippen molar-refractivity contribution in [2.75, 3.05) is 7.05 Å². The highest BCUT2D eigenvalue weighted by Crippen LogP contribution is 2.04. The number of halogens is 2. The molecule has 0 aromatic rings. The van der Waals surface area contributed by atoms with Crippen LogP contribution in [0.5, 0.6) is 0 Å². The average Bonchev–Trinajstić information content (AvgIpc) is 1.85. The van der Waals surface area contributed by atoms with E-state index in [1.54, 1.807) is 0 Å². The Labute approximate surface area is 72.1 Å². The molecule has 5 heteroatoms. The normalized spacial score (nSPS) is 10.9. The Morgan fingerprint density at radius 3 is 2.60 bits per heavy atom. The maximum atomic E-state index is 10.7. The lowest BCUT2D eigenvalue weighted by molar-refractivity contribution is -0.116. The molecule has 0 heterocycles. The van der Waals surface area contributed by atoms with Gasteiger partial charge in [-0.1, -0.05) is 11.6 Å². The largest absolute Gasteiger partial charge is 0.355 e. The van der Waals surface area contributed by atoms with Crippen LogP contribution in [0.15, 0.2) is 10.6 Å². The van der Waals surface area contributed by atoms with Gasteiger partial charge in [-0.2, -0.15) is 0 Å². The summed E-state index contributed by atoms with van der Waals surface area (Å²) >= 11 is 8.10. The van der Waals surface area contributed by atoms with Crippen molar-refractivity contribution in [1.82, 2.24) is 5.32 Å². The molecule has 0 saturated carbocycles. The third kappa shape index (κ3) is 3.63. The van der Waals surface area contributed by atoms with E-state index < -0.39 is 0 Å². The molecule has 0 unspecified atom stereocenters. The molecule has 0 aliphatic rings. The van der Waals surface area contributed by atoms with Gasteiger partial charge >= 0.3 is 0 Å². The number of allylic oxidation sites excluding steroid dienone is 1. The SMILES string of the molecule is CNC(=O)/C(Br)=C\C(=N)Cl. The van der Waals surface area contributed by atoms with Crippen LogP contribution in [0.3, 0.4) is 0 Å². The van der Waals surface area contributed by atoms with E-state index in [2.05, 4.69) is 21.2 Å². The van der Waals surface area contributed by atoms with Crippen molar-refractivity contribution in [1.29, 1.82) is 5.41 Å². The molecule has 0 radical (unpaired) electrons. The first-order chi connectivity index (χ1) is 4.57. The quantitative estimate of drug-likeness (QED) is 0.539. The molecule has 0 aromatic heterocycles. The van der Waals surface area contributed by atoms with Crippen molar-refractivity contribution in [2.24, 2.45) is 0 Å². The maximum Gasteiger partial charge on any atom is 0.258 e. The van der Waals surface area contributed by atoms with E-state index in [-0.39, 0.29) is 15.6 Å². The summed E-state index contributed by atoms with van der Waals surface area (Å²) in [7, 11) is 1.50. The van der Waals surface area contributed by atoms with Gasteiger partial charge in [-0.25, -0.2) is 0 Å². The molecule has 2 N–H and O–H groups in total. The van der Waals surface area contributed by atoms with E-state index in [0.29, 0.717) is 0 Å². The van der Waals surface area contributed by atoms with Crippen LogP contribution in [0.4, 0.5) is 0 Å². The molecule has 0 bridgehead atoms. The standard InChI is InChI=1S/C5H6BrClN2O/c1-9-5(10)3(6)2-4(7)8/h2,8H,1H3,(H,9,10)/b3-2+,8-4?. The van der Waals surface area contributed by atoms with Crippen LogP contribution < -0.4 is 5.32 Å². The Kier molecular flexibility index (Phi) is 4.31. The van der Waals surface area contributed by atoms with Crippen molar-refractivity contribution >= 4 is 38.6 Å². The van der Waals surface area contributed by atoms with Crippen molar-refractivity contribution in [3.8, 4) is 0 Å². The van der Waals surface area contributed by atoms with Crippen LogP contribution >= 0.6 is 27.5 Å². The number of carbonyl (C=O) groups excluding carboxylic acids is 1. The number of hydrogen-bond acceptors (Lipinski definition) is 2. The van der Waals surface area contributed by atoms with Crippen LogP contribution in [-0.2, 0) is 4.79 Å². The number of rotatable bonds is 2. The number of likely N-dealkylation sites (N-methyl/N-ethyl adjacent to an activating group) is 1. The van der Waals surface area contributed by atoms with Gasteiger partial charge in [0, 0.05) is 7.05 Å². The molecule has 0 aliphatic carbocycles.